The molecule has 2 bridgehead atoms. The van der Waals surface area contributed by atoms with Crippen molar-refractivity contribution >= 4 is 5.97 Å². The lowest BCUT2D eigenvalue weighted by molar-refractivity contribution is -0.402. The lowest BCUT2D eigenvalue weighted by Gasteiger charge is -2.63. The van der Waals surface area contributed by atoms with Gasteiger partial charge in [0.2, 0.25) is 6.29 Å². The maximum Gasteiger partial charge on any atom is 0.318 e. The zero-order chi connectivity index (χ0) is 48.7. The topological polar surface area (TPSA) is 374 Å². The molecule has 384 valence electrons. The molecule has 14 N–H and O–H groups in total. The van der Waals surface area contributed by atoms with E-state index in [9.17, 15) is 76.3 Å². The second-order valence-electron chi connectivity index (χ2n) is 20.8. The maximum atomic E-state index is 14.2. The third-order valence-corrected chi connectivity index (χ3v) is 17.1. The summed E-state index contributed by atoms with van der Waals surface area (Å²) in [6.07, 6.45) is -26.1. The molecule has 4 aliphatic heterocycles. The number of esters is 1. The van der Waals surface area contributed by atoms with Gasteiger partial charge in [-0.2, -0.15) is 0 Å². The van der Waals surface area contributed by atoms with Crippen molar-refractivity contribution in [1.82, 2.24) is 0 Å². The van der Waals surface area contributed by atoms with Gasteiger partial charge in [-0.3, -0.25) is 4.79 Å². The van der Waals surface area contributed by atoms with Gasteiger partial charge in [0.25, 0.3) is 0 Å². The number of rotatable bonds is 12. The summed E-state index contributed by atoms with van der Waals surface area (Å²) in [5.41, 5.74) is -2.99. The van der Waals surface area contributed by atoms with Gasteiger partial charge in [0, 0.05) is 0 Å². The molecule has 7 fully saturated rings. The monoisotopic (exact) mass is 966 g/mol. The van der Waals surface area contributed by atoms with E-state index in [0.717, 1.165) is 0 Å². The van der Waals surface area contributed by atoms with Crippen molar-refractivity contribution in [2.45, 2.75) is 194 Å². The molecule has 3 saturated carbocycles. The van der Waals surface area contributed by atoms with E-state index in [1.165, 1.54) is 0 Å². The van der Waals surface area contributed by atoms with Gasteiger partial charge in [-0.15, -0.1) is 0 Å². The number of fused-ring (bicyclic) bond motifs is 3. The molecule has 8 rings (SSSR count). The molecule has 1 spiro atoms. The first-order valence-corrected chi connectivity index (χ1v) is 23.4. The standard InChI is InChI=1S/C44H70O23/c1-17-11-43-9-5-22-41(2,7-4-8-42(22,3)40(59)66-38-33(58)30(55)26(51)20(14-47)62-38)23(43)6-10-44(17,16-43)67-39-35(65-37-32(57)29(54)25(50)19(13-46)61-37)34(27(52)21(15-48)63-39)64-36-31(56)28(53)24(49)18(12-45)60-36/h4,8,17-39,45-58H,5-7,9-16H2,1-3H3/t17-,18-,19-,20-,21-,22-,23-,24-,25-,26-,27-,28+,29+,30+,31-,32-,33-,34+,35-,36+,37+,38+,39+,41+,42?,43+,44+/m1/s1. The van der Waals surface area contributed by atoms with Crippen molar-refractivity contribution in [3.05, 3.63) is 12.2 Å². The van der Waals surface area contributed by atoms with Crippen molar-refractivity contribution in [3.8, 4) is 0 Å². The first-order valence-electron chi connectivity index (χ1n) is 23.4. The van der Waals surface area contributed by atoms with Gasteiger partial charge in [0.1, 0.15) is 97.7 Å². The van der Waals surface area contributed by atoms with Crippen molar-refractivity contribution in [2.75, 3.05) is 26.4 Å². The number of allylic oxidation sites excluding steroid dienone is 1. The minimum atomic E-state index is -1.95. The van der Waals surface area contributed by atoms with E-state index >= 15 is 0 Å². The van der Waals surface area contributed by atoms with Crippen molar-refractivity contribution in [3.63, 3.8) is 0 Å². The fourth-order valence-corrected chi connectivity index (χ4v) is 13.4. The smallest absolute Gasteiger partial charge is 0.318 e. The summed E-state index contributed by atoms with van der Waals surface area (Å²) < 4.78 is 48.3. The predicted octanol–water partition coefficient (Wildman–Crippen LogP) is -5.26. The molecule has 23 heteroatoms. The van der Waals surface area contributed by atoms with Gasteiger partial charge >= 0.3 is 5.97 Å². The van der Waals surface area contributed by atoms with Crippen LogP contribution >= 0.6 is 0 Å². The Morgan fingerprint density at radius 3 is 1.58 bits per heavy atom. The quantitative estimate of drug-likeness (QED) is 0.0494. The maximum absolute atomic E-state index is 14.2. The van der Waals surface area contributed by atoms with E-state index in [1.54, 1.807) is 6.92 Å². The highest BCUT2D eigenvalue weighted by Crippen LogP contribution is 2.73. The Hall–Kier alpha value is -1.63. The summed E-state index contributed by atoms with van der Waals surface area (Å²) in [5, 5.41) is 148. The van der Waals surface area contributed by atoms with E-state index in [2.05, 4.69) is 6.92 Å². The molecule has 0 amide bonds. The predicted molar refractivity (Wildman–Crippen MR) is 219 cm³/mol. The molecule has 4 saturated heterocycles. The highest BCUT2D eigenvalue weighted by molar-refractivity contribution is 5.80. The molecule has 0 aromatic heterocycles. The average Bonchev–Trinajstić information content (AvgIpc) is 3.50. The molecular weight excluding hydrogens is 896 g/mol. The molecule has 8 aliphatic rings. The van der Waals surface area contributed by atoms with Crippen LogP contribution in [0, 0.1) is 34.0 Å². The SMILES string of the molecule is C[C@@H]1C[C@]23CC[C@H]4C(C)(C(=O)O[C@@H]5O[C@H](CO)[C@@H](O)[C@H](O)[C@H]5O)C=CC[C@]4(C)[C@H]2CC[C@]1(O[C@@H]1O[C@H](CO)[C@@H](O)[C@H](O[C@@H]2O[C@H](CO)[C@@H](O)[C@H](O)[C@H]2O)[C@H]1O[C@@H]1O[C@H](CO)[C@@H](O)[C@H](O)[C@H]1O)C3. The molecule has 4 aliphatic carbocycles. The van der Waals surface area contributed by atoms with Crippen molar-refractivity contribution in [2.24, 2.45) is 34.0 Å². The van der Waals surface area contributed by atoms with Gasteiger partial charge in [0.05, 0.1) is 37.4 Å². The molecule has 0 aromatic rings. The fraction of sp³-hybridized carbons (Fsp3) is 0.932. The Balaban J connectivity index is 1.07. The molecular formula is C44H70O23. The number of ether oxygens (including phenoxy) is 8. The fourth-order valence-electron chi connectivity index (χ4n) is 13.4. The summed E-state index contributed by atoms with van der Waals surface area (Å²) in [7, 11) is 0. The van der Waals surface area contributed by atoms with Gasteiger partial charge < -0.3 is 109 Å². The van der Waals surface area contributed by atoms with Crippen LogP contribution in [0.15, 0.2) is 12.2 Å². The van der Waals surface area contributed by atoms with Crippen LogP contribution in [0.3, 0.4) is 0 Å². The molecule has 1 unspecified atom stereocenters. The Morgan fingerprint density at radius 2 is 1.04 bits per heavy atom. The second-order valence-corrected chi connectivity index (χ2v) is 20.8. The van der Waals surface area contributed by atoms with E-state index in [0.29, 0.717) is 44.9 Å². The van der Waals surface area contributed by atoms with Crippen molar-refractivity contribution < 1.29 is 114 Å². The van der Waals surface area contributed by atoms with Gasteiger partial charge in [0.15, 0.2) is 18.9 Å². The first-order chi connectivity index (χ1) is 31.6. The van der Waals surface area contributed by atoms with E-state index in [4.69, 9.17) is 37.9 Å². The number of aliphatic hydroxyl groups is 14. The normalized spacial score (nSPS) is 55.4. The number of aliphatic hydroxyl groups excluding tert-OH is 14. The number of carbonyl (C=O) groups is 1. The first kappa shape index (κ1) is 51.7. The highest BCUT2D eigenvalue weighted by atomic mass is 16.8. The number of hydrogen-bond acceptors (Lipinski definition) is 23. The van der Waals surface area contributed by atoms with E-state index in [1.807, 2.05) is 19.1 Å². The van der Waals surface area contributed by atoms with Gasteiger partial charge in [-0.25, -0.2) is 0 Å². The van der Waals surface area contributed by atoms with Crippen LogP contribution in [0.5, 0.6) is 0 Å². The summed E-state index contributed by atoms with van der Waals surface area (Å²) in [6, 6.07) is 0. The van der Waals surface area contributed by atoms with Crippen LogP contribution in [0.1, 0.15) is 65.7 Å². The van der Waals surface area contributed by atoms with Gasteiger partial charge in [-0.05, 0) is 80.5 Å². The molecule has 0 aromatic carbocycles. The summed E-state index contributed by atoms with van der Waals surface area (Å²) in [5.74, 6) is -1.09. The Bertz CT molecular complexity index is 1760. The van der Waals surface area contributed by atoms with Crippen LogP contribution < -0.4 is 0 Å². The number of hydrogen-bond donors (Lipinski definition) is 14. The Kier molecular flexibility index (Phi) is 15.0. The molecule has 23 nitrogen and oxygen atoms in total. The van der Waals surface area contributed by atoms with Crippen LogP contribution in [0.4, 0.5) is 0 Å². The summed E-state index contributed by atoms with van der Waals surface area (Å²) >= 11 is 0. The lowest BCUT2D eigenvalue weighted by Crippen LogP contribution is -2.68. The lowest BCUT2D eigenvalue weighted by atomic mass is 9.42. The largest absolute Gasteiger partial charge is 0.432 e. The zero-order valence-corrected chi connectivity index (χ0v) is 37.6. The third kappa shape index (κ3) is 8.63. The number of carbonyl (C=O) groups excluding carboxylic acids is 1. The van der Waals surface area contributed by atoms with E-state index < -0.39 is 172 Å². The molecule has 67 heavy (non-hydrogen) atoms. The Morgan fingerprint density at radius 1 is 0.582 bits per heavy atom. The van der Waals surface area contributed by atoms with E-state index in [-0.39, 0.29) is 23.2 Å². The Labute approximate surface area is 386 Å². The summed E-state index contributed by atoms with van der Waals surface area (Å²) in [4.78, 5) is 14.2. The average molecular weight is 967 g/mol. The van der Waals surface area contributed by atoms with Gasteiger partial charge in [-0.1, -0.05) is 26.0 Å². The third-order valence-electron chi connectivity index (χ3n) is 17.1. The van der Waals surface area contributed by atoms with Crippen LogP contribution in [-0.4, -0.2) is 232 Å². The van der Waals surface area contributed by atoms with Crippen molar-refractivity contribution in [1.29, 1.82) is 0 Å². The minimum Gasteiger partial charge on any atom is -0.432 e. The molecule has 4 heterocycles. The summed E-state index contributed by atoms with van der Waals surface area (Å²) in [6.45, 7) is 2.88. The second kappa shape index (κ2) is 19.4. The van der Waals surface area contributed by atoms with Crippen LogP contribution in [0.2, 0.25) is 0 Å². The zero-order valence-electron chi connectivity index (χ0n) is 37.6. The van der Waals surface area contributed by atoms with Crippen LogP contribution in [-0.2, 0) is 42.7 Å². The van der Waals surface area contributed by atoms with Crippen LogP contribution in [0.25, 0.3) is 0 Å². The molecule has 0 radical (unpaired) electrons. The highest BCUT2D eigenvalue weighted by Gasteiger charge is 2.70. The minimum absolute atomic E-state index is 0.0347. The molecule has 27 atom stereocenters.